The smallest absolute Gasteiger partial charge is 0.293 e. The molecule has 30 heavy (non-hydrogen) atoms. The van der Waals surface area contributed by atoms with Crippen LogP contribution in [0.2, 0.25) is 0 Å². The maximum Gasteiger partial charge on any atom is 0.293 e. The zero-order valence-corrected chi connectivity index (χ0v) is 18.1. The molecule has 0 saturated carbocycles. The largest absolute Gasteiger partial charge is 0.372 e. The highest BCUT2D eigenvalue weighted by molar-refractivity contribution is 7.10. The van der Waals surface area contributed by atoms with Gasteiger partial charge in [0.1, 0.15) is 11.7 Å². The number of nitrogens with one attached hydrogen (secondary N) is 2. The van der Waals surface area contributed by atoms with Crippen LogP contribution < -0.4 is 15.6 Å². The van der Waals surface area contributed by atoms with Gasteiger partial charge in [0.25, 0.3) is 11.6 Å². The van der Waals surface area contributed by atoms with Crippen molar-refractivity contribution in [3.05, 3.63) is 56.3 Å². The number of carbonyl (C=O) groups excluding carboxylic acids is 2. The van der Waals surface area contributed by atoms with E-state index in [0.717, 1.165) is 4.88 Å². The molecule has 0 aliphatic carbocycles. The third-order valence-corrected chi connectivity index (χ3v) is 5.12. The minimum atomic E-state index is -0.750. The molecule has 160 valence electrons. The van der Waals surface area contributed by atoms with E-state index in [4.69, 9.17) is 0 Å². The third kappa shape index (κ3) is 6.38. The lowest BCUT2D eigenvalue weighted by Crippen LogP contribution is -2.49. The van der Waals surface area contributed by atoms with Crippen molar-refractivity contribution in [1.82, 2.24) is 10.7 Å². The zero-order valence-electron chi connectivity index (χ0n) is 17.3. The maximum atomic E-state index is 12.5. The van der Waals surface area contributed by atoms with Gasteiger partial charge in [-0.15, -0.1) is 11.3 Å². The molecule has 0 radical (unpaired) electrons. The molecule has 1 unspecified atom stereocenters. The highest BCUT2D eigenvalue weighted by Crippen LogP contribution is 2.27. The lowest BCUT2D eigenvalue weighted by Gasteiger charge is -2.20. The van der Waals surface area contributed by atoms with E-state index in [2.05, 4.69) is 15.8 Å². The van der Waals surface area contributed by atoms with Crippen molar-refractivity contribution >= 4 is 40.7 Å². The average molecular weight is 432 g/mol. The van der Waals surface area contributed by atoms with Crippen molar-refractivity contribution in [3.8, 4) is 0 Å². The molecule has 9 nitrogen and oxygen atoms in total. The van der Waals surface area contributed by atoms with Gasteiger partial charge in [0, 0.05) is 30.6 Å². The van der Waals surface area contributed by atoms with Gasteiger partial charge in [-0.05, 0) is 23.4 Å². The molecule has 0 aliphatic heterocycles. The highest BCUT2D eigenvalue weighted by Gasteiger charge is 2.24. The number of nitrogens with zero attached hydrogens (tertiary/aromatic N) is 3. The molecule has 0 aliphatic rings. The van der Waals surface area contributed by atoms with Crippen LogP contribution in [0, 0.1) is 16.0 Å². The van der Waals surface area contributed by atoms with Crippen molar-refractivity contribution in [3.63, 3.8) is 0 Å². The van der Waals surface area contributed by atoms with Crippen LogP contribution in [-0.2, 0) is 16.0 Å². The van der Waals surface area contributed by atoms with Crippen LogP contribution in [0.3, 0.4) is 0 Å². The number of hydrogen-bond donors (Lipinski definition) is 2. The average Bonchev–Trinajstić information content (AvgIpc) is 3.18. The fourth-order valence-corrected chi connectivity index (χ4v) is 3.42. The van der Waals surface area contributed by atoms with Crippen LogP contribution in [0.4, 0.5) is 11.4 Å². The molecule has 1 heterocycles. The highest BCUT2D eigenvalue weighted by atomic mass is 32.1. The summed E-state index contributed by atoms with van der Waals surface area (Å²) in [5, 5.41) is 19.8. The first-order valence-corrected chi connectivity index (χ1v) is 10.2. The van der Waals surface area contributed by atoms with Gasteiger partial charge in [-0.2, -0.15) is 5.10 Å². The first kappa shape index (κ1) is 23.0. The summed E-state index contributed by atoms with van der Waals surface area (Å²) in [6, 6.07) is 7.64. The Labute approximate surface area is 178 Å². The first-order valence-electron chi connectivity index (χ1n) is 9.29. The van der Waals surface area contributed by atoms with Gasteiger partial charge >= 0.3 is 0 Å². The summed E-state index contributed by atoms with van der Waals surface area (Å²) in [5.41, 5.74) is 3.28. The van der Waals surface area contributed by atoms with Gasteiger partial charge in [0.05, 0.1) is 17.6 Å². The van der Waals surface area contributed by atoms with Crippen molar-refractivity contribution in [2.45, 2.75) is 26.3 Å². The van der Waals surface area contributed by atoms with Crippen molar-refractivity contribution < 1.29 is 14.5 Å². The summed E-state index contributed by atoms with van der Waals surface area (Å²) in [6.07, 6.45) is 1.54. The number of benzene rings is 1. The van der Waals surface area contributed by atoms with Gasteiger partial charge < -0.3 is 10.2 Å². The molecular weight excluding hydrogens is 406 g/mol. The number of carbonyl (C=O) groups is 2. The summed E-state index contributed by atoms with van der Waals surface area (Å²) >= 11 is 1.48. The Morgan fingerprint density at radius 1 is 1.30 bits per heavy atom. The molecule has 0 bridgehead atoms. The van der Waals surface area contributed by atoms with Crippen LogP contribution in [0.5, 0.6) is 0 Å². The number of anilines is 1. The van der Waals surface area contributed by atoms with Crippen molar-refractivity contribution in [2.24, 2.45) is 11.0 Å². The molecule has 2 N–H and O–H groups in total. The number of amides is 2. The van der Waals surface area contributed by atoms with E-state index >= 15 is 0 Å². The van der Waals surface area contributed by atoms with Gasteiger partial charge in [-0.3, -0.25) is 19.7 Å². The second kappa shape index (κ2) is 10.5. The summed E-state index contributed by atoms with van der Waals surface area (Å²) in [4.78, 5) is 38.1. The fourth-order valence-electron chi connectivity index (χ4n) is 2.72. The fraction of sp³-hybridized carbons (Fsp3) is 0.350. The molecule has 2 aromatic rings. The number of thiophene rings is 1. The van der Waals surface area contributed by atoms with E-state index in [9.17, 15) is 19.7 Å². The number of nitro groups is 1. The Balaban J connectivity index is 2.02. The van der Waals surface area contributed by atoms with Crippen LogP contribution in [-0.4, -0.2) is 43.1 Å². The Hall–Kier alpha value is -3.27. The van der Waals surface area contributed by atoms with E-state index < -0.39 is 16.9 Å². The maximum absolute atomic E-state index is 12.5. The Morgan fingerprint density at radius 2 is 2.03 bits per heavy atom. The predicted molar refractivity (Wildman–Crippen MR) is 118 cm³/mol. The lowest BCUT2D eigenvalue weighted by atomic mass is 10.0. The molecule has 1 aromatic carbocycles. The monoisotopic (exact) mass is 431 g/mol. The molecule has 0 saturated heterocycles. The van der Waals surface area contributed by atoms with Gasteiger partial charge in [0.15, 0.2) is 0 Å². The van der Waals surface area contributed by atoms with Gasteiger partial charge in [0.2, 0.25) is 5.91 Å². The molecule has 1 aromatic heterocycles. The summed E-state index contributed by atoms with van der Waals surface area (Å²) in [7, 11) is 3.43. The predicted octanol–water partition coefficient (Wildman–Crippen LogP) is 2.56. The molecule has 10 heteroatoms. The zero-order chi connectivity index (χ0) is 22.3. The van der Waals surface area contributed by atoms with Crippen molar-refractivity contribution in [1.29, 1.82) is 0 Å². The summed E-state index contributed by atoms with van der Waals surface area (Å²) < 4.78 is 0. The van der Waals surface area contributed by atoms with Crippen LogP contribution in [0.25, 0.3) is 0 Å². The van der Waals surface area contributed by atoms with Crippen LogP contribution >= 0.6 is 11.3 Å². The topological polar surface area (TPSA) is 117 Å². The molecule has 2 amide bonds. The second-order valence-corrected chi connectivity index (χ2v) is 8.21. The molecule has 0 spiro atoms. The molecular formula is C20H25N5O4S. The Bertz CT molecular complexity index is 925. The standard InChI is InChI=1S/C20H25N5O4S/c1-13(2)19(22-18(26)11-15-6-5-9-30-15)20(27)23-21-12-14-7-8-16(24(3)4)17(10-14)25(28)29/h5-10,12-13,19H,11H2,1-4H3,(H,22,26)(H,23,27)/b21-12-. The van der Waals surface area contributed by atoms with E-state index in [1.165, 1.54) is 23.6 Å². The lowest BCUT2D eigenvalue weighted by molar-refractivity contribution is -0.384. The number of nitro benzene ring substituents is 1. The minimum Gasteiger partial charge on any atom is -0.372 e. The summed E-state index contributed by atoms with van der Waals surface area (Å²) in [6.45, 7) is 3.64. The third-order valence-electron chi connectivity index (χ3n) is 4.25. The Morgan fingerprint density at radius 3 is 2.60 bits per heavy atom. The molecule has 1 atom stereocenters. The molecule has 2 rings (SSSR count). The van der Waals surface area contributed by atoms with Gasteiger partial charge in [-0.1, -0.05) is 26.0 Å². The normalized spacial score (nSPS) is 12.0. The number of hydrogen-bond acceptors (Lipinski definition) is 7. The van der Waals surface area contributed by atoms with E-state index in [1.54, 1.807) is 31.1 Å². The van der Waals surface area contributed by atoms with Crippen molar-refractivity contribution in [2.75, 3.05) is 19.0 Å². The van der Waals surface area contributed by atoms with E-state index in [1.807, 2.05) is 31.4 Å². The number of hydrazone groups is 1. The van der Waals surface area contributed by atoms with Gasteiger partial charge in [-0.25, -0.2) is 5.43 Å². The molecule has 0 fully saturated rings. The van der Waals surface area contributed by atoms with E-state index in [0.29, 0.717) is 11.3 Å². The Kier molecular flexibility index (Phi) is 8.05. The SMILES string of the molecule is CC(C)C(NC(=O)Cc1cccs1)C(=O)N/N=C\c1ccc(N(C)C)c([N+](=O)[O-])c1. The van der Waals surface area contributed by atoms with E-state index in [-0.39, 0.29) is 23.9 Å². The second-order valence-electron chi connectivity index (χ2n) is 7.18. The quantitative estimate of drug-likeness (QED) is 0.359. The van der Waals surface area contributed by atoms with Crippen LogP contribution in [0.15, 0.2) is 40.8 Å². The summed E-state index contributed by atoms with van der Waals surface area (Å²) in [5.74, 6) is -0.849. The number of rotatable bonds is 9. The van der Waals surface area contributed by atoms with Crippen LogP contribution in [0.1, 0.15) is 24.3 Å². The first-order chi connectivity index (χ1) is 14.2. The minimum absolute atomic E-state index is 0.0591.